The Morgan fingerprint density at radius 2 is 1.53 bits per heavy atom. The number of carbonyl (C=O) groups excluding carboxylic acids is 1. The van der Waals surface area contributed by atoms with Crippen molar-refractivity contribution in [3.63, 3.8) is 0 Å². The molecule has 1 heterocycles. The first kappa shape index (κ1) is 48.4. The summed E-state index contributed by atoms with van der Waals surface area (Å²) in [5.74, 6) is -1.01. The van der Waals surface area contributed by atoms with Gasteiger partial charge in [-0.3, -0.25) is 4.79 Å². The third-order valence-corrected chi connectivity index (χ3v) is 15.3. The molecular formula is C55H61N3O9S. The standard InChI is InChI=1S/C55H61N3O9S/c1-4-33-64-55-52(58(3)68(62,63)46-28-23-43(24-29-46)56-38(2)61)36-50(57-65-37-39-15-7-5-8-16-39)48-34-42(19-11-13-31-59)47(20-12-14-32-60)53(54(48)55)49-35-45(27-30-51(49)67-55)66-44-25-21-41(22-26-44)40-17-9-6-10-18-40/h4-10,15-18,21-30,34-35,42,47,52-54,59-60H,1,11-14,19-20,31-33,36-37H2,2-3H3,(H,56,61). The summed E-state index contributed by atoms with van der Waals surface area (Å²) >= 11 is 0. The zero-order chi connectivity index (χ0) is 47.7. The first-order valence-corrected chi connectivity index (χ1v) is 24.9. The van der Waals surface area contributed by atoms with E-state index in [4.69, 9.17) is 24.2 Å². The number of amides is 1. The number of anilines is 1. The molecule has 13 heteroatoms. The predicted molar refractivity (Wildman–Crippen MR) is 264 cm³/mol. The lowest BCUT2D eigenvalue weighted by Crippen LogP contribution is -2.69. The molecule has 0 bridgehead atoms. The van der Waals surface area contributed by atoms with Gasteiger partial charge in [0.15, 0.2) is 0 Å². The van der Waals surface area contributed by atoms with Gasteiger partial charge in [-0.15, -0.1) is 6.58 Å². The predicted octanol–water partition coefficient (Wildman–Crippen LogP) is 10.3. The molecule has 0 radical (unpaired) electrons. The Hall–Kier alpha value is -6.09. The molecule has 3 N–H and O–H groups in total. The van der Waals surface area contributed by atoms with E-state index in [0.29, 0.717) is 41.5 Å². The summed E-state index contributed by atoms with van der Waals surface area (Å²) < 4.78 is 52.2. The summed E-state index contributed by atoms with van der Waals surface area (Å²) in [7, 11) is -2.71. The number of oxime groups is 1. The van der Waals surface area contributed by atoms with Gasteiger partial charge in [-0.1, -0.05) is 103 Å². The van der Waals surface area contributed by atoms with Crippen LogP contribution in [0.25, 0.3) is 11.1 Å². The molecule has 8 rings (SSSR count). The van der Waals surface area contributed by atoms with Crippen LogP contribution >= 0.6 is 0 Å². The number of allylic oxidation sites excluding steroid dienone is 1. The molecule has 5 aromatic carbocycles. The number of aliphatic hydroxyl groups is 2. The molecular weight excluding hydrogens is 879 g/mol. The minimum atomic E-state index is -4.26. The molecule has 1 amide bonds. The molecule has 12 nitrogen and oxygen atoms in total. The summed E-state index contributed by atoms with van der Waals surface area (Å²) in [5.41, 5.74) is 5.89. The number of carbonyl (C=O) groups is 1. The van der Waals surface area contributed by atoms with Gasteiger partial charge in [0.25, 0.3) is 0 Å². The highest BCUT2D eigenvalue weighted by Crippen LogP contribution is 2.62. The maximum Gasteiger partial charge on any atom is 0.243 e. The van der Waals surface area contributed by atoms with Crippen molar-refractivity contribution < 1.29 is 42.5 Å². The largest absolute Gasteiger partial charge is 0.460 e. The van der Waals surface area contributed by atoms with Gasteiger partial charge in [-0.2, -0.15) is 4.31 Å². The second-order valence-corrected chi connectivity index (χ2v) is 19.7. The number of likely N-dealkylation sites (N-methyl/N-ethyl adjacent to an activating group) is 1. The molecule has 1 saturated carbocycles. The summed E-state index contributed by atoms with van der Waals surface area (Å²) in [6, 6.07) is 38.8. The van der Waals surface area contributed by atoms with Gasteiger partial charge in [-0.05, 0) is 114 Å². The number of nitrogens with zero attached hydrogens (tertiary/aromatic N) is 2. The van der Waals surface area contributed by atoms with Gasteiger partial charge in [0.2, 0.25) is 21.7 Å². The van der Waals surface area contributed by atoms with Gasteiger partial charge in [-0.25, -0.2) is 8.42 Å². The van der Waals surface area contributed by atoms with Crippen LogP contribution in [0.3, 0.4) is 0 Å². The minimum Gasteiger partial charge on any atom is -0.460 e. The Labute approximate surface area is 400 Å². The second-order valence-electron chi connectivity index (χ2n) is 17.8. The van der Waals surface area contributed by atoms with Crippen LogP contribution in [0.15, 0.2) is 162 Å². The van der Waals surface area contributed by atoms with Gasteiger partial charge in [0.05, 0.1) is 29.2 Å². The molecule has 3 aliphatic rings. The Bertz CT molecular complexity index is 2680. The van der Waals surface area contributed by atoms with Crippen LogP contribution in [-0.2, 0) is 31.0 Å². The van der Waals surface area contributed by atoms with E-state index < -0.39 is 27.8 Å². The molecule has 0 aromatic heterocycles. The van der Waals surface area contributed by atoms with Crippen LogP contribution in [0.4, 0.5) is 5.69 Å². The Balaban J connectivity index is 1.28. The number of aliphatic hydroxyl groups excluding tert-OH is 2. The maximum absolute atomic E-state index is 15.0. The highest BCUT2D eigenvalue weighted by atomic mass is 32.2. The smallest absolute Gasteiger partial charge is 0.243 e. The number of rotatable bonds is 21. The topological polar surface area (TPSA) is 156 Å². The van der Waals surface area contributed by atoms with E-state index in [2.05, 4.69) is 30.1 Å². The van der Waals surface area contributed by atoms with Crippen molar-refractivity contribution >= 4 is 27.3 Å². The van der Waals surface area contributed by atoms with Crippen LogP contribution in [-0.4, -0.2) is 73.3 Å². The number of hydrogen-bond acceptors (Lipinski definition) is 10. The second kappa shape index (κ2) is 21.9. The van der Waals surface area contributed by atoms with Crippen LogP contribution in [0, 0.1) is 17.8 Å². The summed E-state index contributed by atoms with van der Waals surface area (Å²) in [6.07, 6.45) is 8.30. The molecule has 0 saturated heterocycles. The molecule has 1 aliphatic heterocycles. The van der Waals surface area contributed by atoms with Crippen molar-refractivity contribution in [3.05, 3.63) is 163 Å². The zero-order valence-electron chi connectivity index (χ0n) is 38.7. The minimum absolute atomic E-state index is 0.00844. The van der Waals surface area contributed by atoms with Crippen molar-refractivity contribution in [3.8, 4) is 28.4 Å². The highest BCUT2D eigenvalue weighted by molar-refractivity contribution is 7.89. The fourth-order valence-corrected chi connectivity index (χ4v) is 11.6. The third kappa shape index (κ3) is 10.5. The van der Waals surface area contributed by atoms with Crippen molar-refractivity contribution in [1.29, 1.82) is 0 Å². The van der Waals surface area contributed by atoms with E-state index >= 15 is 0 Å². The highest BCUT2D eigenvalue weighted by Gasteiger charge is 2.65. The van der Waals surface area contributed by atoms with E-state index in [9.17, 15) is 23.4 Å². The van der Waals surface area contributed by atoms with E-state index in [-0.39, 0.29) is 61.4 Å². The maximum atomic E-state index is 15.0. The number of fused-ring (bicyclic) bond motifs is 2. The van der Waals surface area contributed by atoms with Crippen molar-refractivity contribution in [2.75, 3.05) is 32.2 Å². The molecule has 1 fully saturated rings. The Morgan fingerprint density at radius 3 is 2.21 bits per heavy atom. The van der Waals surface area contributed by atoms with Gasteiger partial charge < -0.3 is 34.6 Å². The molecule has 68 heavy (non-hydrogen) atoms. The molecule has 0 spiro atoms. The molecule has 356 valence electrons. The summed E-state index contributed by atoms with van der Waals surface area (Å²) in [6.45, 7) is 5.77. The monoisotopic (exact) mass is 939 g/mol. The van der Waals surface area contributed by atoms with Crippen LogP contribution < -0.4 is 14.8 Å². The van der Waals surface area contributed by atoms with Gasteiger partial charge in [0.1, 0.15) is 23.9 Å². The first-order chi connectivity index (χ1) is 33.1. The fourth-order valence-electron chi connectivity index (χ4n) is 10.3. The summed E-state index contributed by atoms with van der Waals surface area (Å²) in [4.78, 5) is 18.0. The van der Waals surface area contributed by atoms with Crippen molar-refractivity contribution in [2.45, 2.75) is 81.1 Å². The Kier molecular flexibility index (Phi) is 15.6. The van der Waals surface area contributed by atoms with Crippen LogP contribution in [0.5, 0.6) is 17.2 Å². The number of sulfonamides is 1. The van der Waals surface area contributed by atoms with Crippen LogP contribution in [0.2, 0.25) is 0 Å². The lowest BCUT2D eigenvalue weighted by atomic mass is 9.55. The molecule has 6 unspecified atom stereocenters. The van der Waals surface area contributed by atoms with E-state index in [1.54, 1.807) is 25.3 Å². The lowest BCUT2D eigenvalue weighted by molar-refractivity contribution is -0.250. The normalized spacial score (nSPS) is 22.3. The van der Waals surface area contributed by atoms with Crippen molar-refractivity contribution in [1.82, 2.24) is 4.31 Å². The average Bonchev–Trinajstić information content (AvgIpc) is 3.35. The van der Waals surface area contributed by atoms with Crippen LogP contribution in [0.1, 0.15) is 68.9 Å². The average molecular weight is 940 g/mol. The third-order valence-electron chi connectivity index (χ3n) is 13.4. The van der Waals surface area contributed by atoms with Crippen molar-refractivity contribution in [2.24, 2.45) is 22.9 Å². The SMILES string of the molecule is C=CCOC12Oc3ccc(Oc4ccc(-c5ccccc5)cc4)cc3C3C(CCCCO)C(CCCCO)C=C(C(=NOCc4ccccc4)CC1N(C)S(=O)(=O)c1ccc(NC(C)=O)cc1)C32. The number of ether oxygens (including phenoxy) is 3. The van der Waals surface area contributed by atoms with Gasteiger partial charge >= 0.3 is 0 Å². The number of nitrogens with one attached hydrogen (secondary N) is 1. The Morgan fingerprint density at radius 1 is 0.868 bits per heavy atom. The quantitative estimate of drug-likeness (QED) is 0.0370. The zero-order valence-corrected chi connectivity index (χ0v) is 39.5. The molecule has 5 aromatic rings. The van der Waals surface area contributed by atoms with Gasteiger partial charge in [0, 0.05) is 50.8 Å². The number of unbranched alkanes of at least 4 members (excludes halogenated alkanes) is 2. The number of hydrogen-bond donors (Lipinski definition) is 3. The lowest BCUT2D eigenvalue weighted by Gasteiger charge is -2.59. The van der Waals surface area contributed by atoms with E-state index in [1.807, 2.05) is 91.0 Å². The number of benzene rings is 5. The molecule has 2 aliphatic carbocycles. The van der Waals surface area contributed by atoms with E-state index in [1.165, 1.54) is 23.4 Å². The van der Waals surface area contributed by atoms with E-state index in [0.717, 1.165) is 53.5 Å². The fraction of sp³-hybridized carbons (Fsp3) is 0.345. The summed E-state index contributed by atoms with van der Waals surface area (Å²) in [5, 5.41) is 27.6. The first-order valence-electron chi connectivity index (χ1n) is 23.5. The molecule has 6 atom stereocenters.